The maximum atomic E-state index is 9.51. The number of aromatic nitrogens is 3. The summed E-state index contributed by atoms with van der Waals surface area (Å²) >= 11 is 1.61. The molecule has 0 bridgehead atoms. The molecule has 0 aliphatic rings. The summed E-state index contributed by atoms with van der Waals surface area (Å²) in [6.45, 7) is 0. The molecule has 0 radical (unpaired) electrons. The Morgan fingerprint density at radius 3 is 3.13 bits per heavy atom. The van der Waals surface area contributed by atoms with E-state index in [2.05, 4.69) is 15.1 Å². The van der Waals surface area contributed by atoms with Gasteiger partial charge in [-0.3, -0.25) is 4.98 Å². The minimum absolute atomic E-state index is 0.0388. The second kappa shape index (κ2) is 4.31. The average molecular weight is 223 g/mol. The maximum absolute atomic E-state index is 9.51. The van der Waals surface area contributed by atoms with Crippen molar-refractivity contribution in [1.29, 1.82) is 0 Å². The van der Waals surface area contributed by atoms with Crippen LogP contribution in [-0.4, -0.2) is 26.5 Å². The Bertz CT molecular complexity index is 458. The molecular formula is C9H9N3O2S. The lowest BCUT2D eigenvalue weighted by atomic mass is 10.2. The minimum Gasteiger partial charge on any atom is -0.505 e. The molecule has 0 aromatic carbocycles. The van der Waals surface area contributed by atoms with Gasteiger partial charge in [-0.15, -0.1) is 0 Å². The van der Waals surface area contributed by atoms with Crippen molar-refractivity contribution in [2.45, 2.75) is 5.75 Å². The third kappa shape index (κ3) is 2.10. The number of pyridine rings is 1. The molecule has 15 heavy (non-hydrogen) atoms. The second-order valence-corrected chi connectivity index (χ2v) is 3.71. The molecule has 0 aliphatic heterocycles. The molecule has 0 fully saturated rings. The lowest BCUT2D eigenvalue weighted by molar-refractivity contribution is 0.419. The van der Waals surface area contributed by atoms with Gasteiger partial charge in [-0.25, -0.2) is 0 Å². The number of hydrogen-bond donors (Lipinski definition) is 1. The Kier molecular flexibility index (Phi) is 2.86. The Morgan fingerprint density at radius 1 is 1.53 bits per heavy atom. The molecule has 0 amide bonds. The van der Waals surface area contributed by atoms with Gasteiger partial charge in [-0.1, -0.05) is 5.16 Å². The van der Waals surface area contributed by atoms with Crippen LogP contribution in [0.2, 0.25) is 0 Å². The van der Waals surface area contributed by atoms with Gasteiger partial charge in [0.15, 0.2) is 5.82 Å². The highest BCUT2D eigenvalue weighted by Gasteiger charge is 2.11. The van der Waals surface area contributed by atoms with E-state index in [4.69, 9.17) is 4.52 Å². The lowest BCUT2D eigenvalue weighted by Gasteiger charge is -1.95. The lowest BCUT2D eigenvalue weighted by Crippen LogP contribution is -1.83. The van der Waals surface area contributed by atoms with E-state index < -0.39 is 0 Å². The van der Waals surface area contributed by atoms with E-state index in [9.17, 15) is 5.11 Å². The smallest absolute Gasteiger partial charge is 0.261 e. The summed E-state index contributed by atoms with van der Waals surface area (Å²) < 4.78 is 5.02. The number of aromatic hydroxyl groups is 1. The Balaban J connectivity index is 2.33. The second-order valence-electron chi connectivity index (χ2n) is 2.84. The zero-order valence-corrected chi connectivity index (χ0v) is 8.86. The van der Waals surface area contributed by atoms with Crippen LogP contribution >= 0.6 is 11.8 Å². The molecule has 2 heterocycles. The predicted molar refractivity (Wildman–Crippen MR) is 56.4 cm³/mol. The summed E-state index contributed by atoms with van der Waals surface area (Å²) in [7, 11) is 0. The van der Waals surface area contributed by atoms with E-state index in [0.717, 1.165) is 0 Å². The monoisotopic (exact) mass is 223 g/mol. The fourth-order valence-corrected chi connectivity index (χ4v) is 1.49. The van der Waals surface area contributed by atoms with Gasteiger partial charge in [0.1, 0.15) is 5.75 Å². The molecule has 1 N–H and O–H groups in total. The fourth-order valence-electron chi connectivity index (χ4n) is 1.12. The van der Waals surface area contributed by atoms with E-state index in [1.165, 1.54) is 6.20 Å². The van der Waals surface area contributed by atoms with E-state index in [0.29, 0.717) is 23.0 Å². The minimum atomic E-state index is 0.0388. The fraction of sp³-hybridized carbons (Fsp3) is 0.222. The SMILES string of the molecule is CSCc1noc(-c2ccncc2O)n1. The molecule has 0 saturated carbocycles. The van der Waals surface area contributed by atoms with Crippen molar-refractivity contribution < 1.29 is 9.63 Å². The number of rotatable bonds is 3. The van der Waals surface area contributed by atoms with E-state index in [-0.39, 0.29) is 5.75 Å². The van der Waals surface area contributed by atoms with Gasteiger partial charge in [-0.2, -0.15) is 16.7 Å². The normalized spacial score (nSPS) is 10.5. The van der Waals surface area contributed by atoms with Gasteiger partial charge in [0, 0.05) is 6.20 Å². The van der Waals surface area contributed by atoms with Gasteiger partial charge >= 0.3 is 0 Å². The highest BCUT2D eigenvalue weighted by Crippen LogP contribution is 2.26. The summed E-state index contributed by atoms with van der Waals surface area (Å²) in [6, 6.07) is 1.63. The molecular weight excluding hydrogens is 214 g/mol. The van der Waals surface area contributed by atoms with Crippen molar-refractivity contribution in [2.75, 3.05) is 6.26 Å². The van der Waals surface area contributed by atoms with E-state index in [1.54, 1.807) is 24.0 Å². The summed E-state index contributed by atoms with van der Waals surface area (Å²) in [5, 5.41) is 13.3. The van der Waals surface area contributed by atoms with Crippen LogP contribution in [-0.2, 0) is 5.75 Å². The average Bonchev–Trinajstić information content (AvgIpc) is 2.68. The number of nitrogens with zero attached hydrogens (tertiary/aromatic N) is 3. The van der Waals surface area contributed by atoms with Crippen LogP contribution in [0, 0.1) is 0 Å². The van der Waals surface area contributed by atoms with E-state index in [1.807, 2.05) is 6.26 Å². The third-order valence-electron chi connectivity index (χ3n) is 1.77. The van der Waals surface area contributed by atoms with Gasteiger partial charge in [0.25, 0.3) is 5.89 Å². The first kappa shape index (κ1) is 9.97. The predicted octanol–water partition coefficient (Wildman–Crippen LogP) is 1.70. The van der Waals surface area contributed by atoms with Crippen LogP contribution in [0.5, 0.6) is 5.75 Å². The Morgan fingerprint density at radius 2 is 2.40 bits per heavy atom. The van der Waals surface area contributed by atoms with Crippen LogP contribution in [0.25, 0.3) is 11.5 Å². The summed E-state index contributed by atoms with van der Waals surface area (Å²) in [6.07, 6.45) is 4.86. The first-order valence-electron chi connectivity index (χ1n) is 4.26. The topological polar surface area (TPSA) is 72.0 Å². The third-order valence-corrected chi connectivity index (χ3v) is 2.32. The van der Waals surface area contributed by atoms with Gasteiger partial charge in [-0.05, 0) is 12.3 Å². The summed E-state index contributed by atoms with van der Waals surface area (Å²) in [5.41, 5.74) is 0.504. The summed E-state index contributed by atoms with van der Waals surface area (Å²) in [5.74, 6) is 1.67. The van der Waals surface area contributed by atoms with Crippen LogP contribution in [0.3, 0.4) is 0 Å². The van der Waals surface area contributed by atoms with Crippen LogP contribution < -0.4 is 0 Å². The van der Waals surface area contributed by atoms with E-state index >= 15 is 0 Å². The molecule has 5 nitrogen and oxygen atoms in total. The van der Waals surface area contributed by atoms with Crippen LogP contribution in [0.1, 0.15) is 5.82 Å². The van der Waals surface area contributed by atoms with Crippen molar-refractivity contribution in [1.82, 2.24) is 15.1 Å². The van der Waals surface area contributed by atoms with Crippen molar-refractivity contribution in [2.24, 2.45) is 0 Å². The number of thioether (sulfide) groups is 1. The van der Waals surface area contributed by atoms with Crippen molar-refractivity contribution in [3.05, 3.63) is 24.3 Å². The number of hydrogen-bond acceptors (Lipinski definition) is 6. The van der Waals surface area contributed by atoms with Crippen molar-refractivity contribution in [3.8, 4) is 17.2 Å². The quantitative estimate of drug-likeness (QED) is 0.853. The molecule has 0 aliphatic carbocycles. The van der Waals surface area contributed by atoms with Crippen molar-refractivity contribution in [3.63, 3.8) is 0 Å². The first-order valence-corrected chi connectivity index (χ1v) is 5.65. The molecule has 78 valence electrons. The highest BCUT2D eigenvalue weighted by atomic mass is 32.2. The standard InChI is InChI=1S/C9H9N3O2S/c1-15-5-8-11-9(14-12-8)6-2-3-10-4-7(6)13/h2-4,13H,5H2,1H3. The van der Waals surface area contributed by atoms with Gasteiger partial charge in [0.2, 0.25) is 0 Å². The molecule has 0 unspecified atom stereocenters. The Hall–Kier alpha value is -1.56. The van der Waals surface area contributed by atoms with Crippen LogP contribution in [0.15, 0.2) is 23.0 Å². The van der Waals surface area contributed by atoms with Gasteiger partial charge < -0.3 is 9.63 Å². The van der Waals surface area contributed by atoms with Crippen molar-refractivity contribution >= 4 is 11.8 Å². The van der Waals surface area contributed by atoms with Gasteiger partial charge in [0.05, 0.1) is 17.5 Å². The molecule has 0 saturated heterocycles. The maximum Gasteiger partial charge on any atom is 0.261 e. The molecule has 0 spiro atoms. The van der Waals surface area contributed by atoms with Crippen LogP contribution in [0.4, 0.5) is 0 Å². The molecule has 2 rings (SSSR count). The molecule has 2 aromatic heterocycles. The largest absolute Gasteiger partial charge is 0.505 e. The zero-order chi connectivity index (χ0) is 10.7. The highest BCUT2D eigenvalue weighted by molar-refractivity contribution is 7.97. The molecule has 6 heteroatoms. The molecule has 2 aromatic rings. The summed E-state index contributed by atoms with van der Waals surface area (Å²) in [4.78, 5) is 7.91. The Labute approximate surface area is 90.5 Å². The molecule has 0 atom stereocenters. The first-order chi connectivity index (χ1) is 7.31. The zero-order valence-electron chi connectivity index (χ0n) is 8.04.